The summed E-state index contributed by atoms with van der Waals surface area (Å²) in [5, 5.41) is 0. The van der Waals surface area contributed by atoms with E-state index in [1.54, 1.807) is 0 Å². The molecule has 0 saturated carbocycles. The van der Waals surface area contributed by atoms with Crippen molar-refractivity contribution in [2.45, 2.75) is 24.7 Å². The average Bonchev–Trinajstić information content (AvgIpc) is 3.54. The number of allylic oxidation sites excluding steroid dienone is 6. The molecule has 0 fully saturated rings. The van der Waals surface area contributed by atoms with Crippen LogP contribution in [0.4, 0.5) is 0 Å². The van der Waals surface area contributed by atoms with Gasteiger partial charge in [0, 0.05) is 5.70 Å². The van der Waals surface area contributed by atoms with Crippen LogP contribution in [0.5, 0.6) is 0 Å². The molecule has 0 bridgehead atoms. The molecule has 0 amide bonds. The van der Waals surface area contributed by atoms with Crippen LogP contribution in [-0.4, -0.2) is 0 Å². The fourth-order valence-corrected chi connectivity index (χ4v) is 8.68. The molecule has 55 heavy (non-hydrogen) atoms. The highest BCUT2D eigenvalue weighted by molar-refractivity contribution is 5.90. The lowest BCUT2D eigenvalue weighted by atomic mass is 9.65. The van der Waals surface area contributed by atoms with Crippen molar-refractivity contribution >= 4 is 11.3 Å². The van der Waals surface area contributed by atoms with Crippen LogP contribution in [0.15, 0.2) is 212 Å². The highest BCUT2D eigenvalue weighted by Crippen LogP contribution is 2.58. The van der Waals surface area contributed by atoms with Crippen LogP contribution in [0.25, 0.3) is 44.7 Å². The zero-order chi connectivity index (χ0) is 37.2. The zero-order valence-corrected chi connectivity index (χ0v) is 31.0. The van der Waals surface area contributed by atoms with Crippen molar-refractivity contribution in [3.63, 3.8) is 0 Å². The van der Waals surface area contributed by atoms with Crippen LogP contribution in [0.1, 0.15) is 45.4 Å². The van der Waals surface area contributed by atoms with Gasteiger partial charge in [-0.15, -0.1) is 0 Å². The van der Waals surface area contributed by atoms with Gasteiger partial charge in [-0.3, -0.25) is 0 Å². The first-order valence-electron chi connectivity index (χ1n) is 19.3. The highest BCUT2D eigenvalue weighted by atomic mass is 14.6. The summed E-state index contributed by atoms with van der Waals surface area (Å²) in [6, 6.07) is 63.5. The number of hydrogen-bond acceptors (Lipinski definition) is 1. The van der Waals surface area contributed by atoms with E-state index in [0.29, 0.717) is 0 Å². The average molecular weight is 706 g/mol. The lowest BCUT2D eigenvalue weighted by Gasteiger charge is -2.36. The fourth-order valence-electron chi connectivity index (χ4n) is 8.68. The molecule has 2 aliphatic carbocycles. The number of aryl methyl sites for hydroxylation is 1. The molecule has 1 nitrogen and oxygen atoms in total. The number of hydrogen-bond donors (Lipinski definition) is 1. The topological polar surface area (TPSA) is 26.0 Å². The quantitative estimate of drug-likeness (QED) is 0.164. The van der Waals surface area contributed by atoms with Crippen molar-refractivity contribution in [2.75, 3.05) is 0 Å². The van der Waals surface area contributed by atoms with Crippen molar-refractivity contribution in [3.8, 4) is 33.4 Å². The maximum atomic E-state index is 6.90. The minimum Gasteiger partial charge on any atom is -0.398 e. The molecule has 9 rings (SSSR count). The Balaban J connectivity index is 1.14. The van der Waals surface area contributed by atoms with Crippen LogP contribution in [0.3, 0.4) is 0 Å². The molecule has 1 atom stereocenters. The molecule has 0 aromatic heterocycles. The highest BCUT2D eigenvalue weighted by Gasteiger charge is 2.47. The summed E-state index contributed by atoms with van der Waals surface area (Å²) in [7, 11) is 0. The second kappa shape index (κ2) is 14.6. The molecule has 1 heteroatoms. The van der Waals surface area contributed by atoms with Crippen LogP contribution < -0.4 is 5.73 Å². The van der Waals surface area contributed by atoms with Gasteiger partial charge in [-0.05, 0) is 121 Å². The number of fused-ring (bicyclic) bond motifs is 7. The molecule has 1 spiro atoms. The molecule has 7 aromatic rings. The summed E-state index contributed by atoms with van der Waals surface area (Å²) in [6.07, 6.45) is 11.8. The zero-order valence-electron chi connectivity index (χ0n) is 31.0. The SMILES string of the molecule is C=C1/C=C\CCc2ccccc2C12c1ccccc1-c1ccc(-c3cccc(C(/C=C(\N)c4ccc(-c5ccccc5)cc4)=C/Cc4ccccc4)c3)cc12. The molecule has 0 heterocycles. The van der Waals surface area contributed by atoms with Gasteiger partial charge in [0.25, 0.3) is 0 Å². The lowest BCUT2D eigenvalue weighted by molar-refractivity contribution is 0.742. The maximum absolute atomic E-state index is 6.90. The third-order valence-corrected chi connectivity index (χ3v) is 11.4. The molecule has 0 aliphatic heterocycles. The largest absolute Gasteiger partial charge is 0.398 e. The Kier molecular flexibility index (Phi) is 9.06. The summed E-state index contributed by atoms with van der Waals surface area (Å²) in [5.74, 6) is 0. The first-order chi connectivity index (χ1) is 27.1. The van der Waals surface area contributed by atoms with E-state index in [4.69, 9.17) is 12.3 Å². The normalized spacial score (nSPS) is 16.8. The molecule has 2 N–H and O–H groups in total. The molecule has 7 aromatic carbocycles. The molecule has 0 radical (unpaired) electrons. The summed E-state index contributed by atoms with van der Waals surface area (Å²) in [6.45, 7) is 4.79. The molecule has 0 saturated heterocycles. The Morgan fingerprint density at radius 2 is 1.20 bits per heavy atom. The van der Waals surface area contributed by atoms with Gasteiger partial charge in [0.05, 0.1) is 5.41 Å². The monoisotopic (exact) mass is 705 g/mol. The van der Waals surface area contributed by atoms with Crippen LogP contribution in [0, 0.1) is 0 Å². The minimum absolute atomic E-state index is 0.471. The van der Waals surface area contributed by atoms with Gasteiger partial charge < -0.3 is 5.73 Å². The van der Waals surface area contributed by atoms with Gasteiger partial charge in [-0.2, -0.15) is 0 Å². The molecular weight excluding hydrogens is 663 g/mol. The van der Waals surface area contributed by atoms with Gasteiger partial charge in [0.1, 0.15) is 0 Å². The van der Waals surface area contributed by atoms with Crippen molar-refractivity contribution in [1.29, 1.82) is 0 Å². The van der Waals surface area contributed by atoms with Crippen molar-refractivity contribution in [1.82, 2.24) is 0 Å². The van der Waals surface area contributed by atoms with E-state index < -0.39 is 5.41 Å². The third kappa shape index (κ3) is 6.28. The van der Waals surface area contributed by atoms with Crippen molar-refractivity contribution in [3.05, 3.63) is 251 Å². The summed E-state index contributed by atoms with van der Waals surface area (Å²) >= 11 is 0. The predicted molar refractivity (Wildman–Crippen MR) is 232 cm³/mol. The first kappa shape index (κ1) is 34.1. The Morgan fingerprint density at radius 1 is 0.564 bits per heavy atom. The van der Waals surface area contributed by atoms with Crippen molar-refractivity contribution in [2.24, 2.45) is 5.73 Å². The van der Waals surface area contributed by atoms with Crippen LogP contribution >= 0.6 is 0 Å². The van der Waals surface area contributed by atoms with Gasteiger partial charge in [0.2, 0.25) is 0 Å². The number of benzene rings is 7. The standard InChI is InChI=1S/C54H43N/c1-38-15-8-9-20-42-21-10-12-25-50(42)54(38)51-26-13-11-24-48(51)49-34-33-46(36-52(49)54)44-22-14-23-45(35-44)47(28-27-39-16-4-2-5-17-39)37-53(55)43-31-29-41(30-32-43)40-18-6-3-7-19-40/h2-8,10-19,21-26,28-37H,1,9,20,27,55H2/b15-8-,47-28+,53-37-. The predicted octanol–water partition coefficient (Wildman–Crippen LogP) is 13.0. The van der Waals surface area contributed by atoms with Gasteiger partial charge >= 0.3 is 0 Å². The fraction of sp³-hybridized carbons (Fsp3) is 0.0741. The molecule has 264 valence electrons. The van der Waals surface area contributed by atoms with E-state index in [9.17, 15) is 0 Å². The van der Waals surface area contributed by atoms with E-state index in [1.165, 1.54) is 55.6 Å². The van der Waals surface area contributed by atoms with Crippen LogP contribution in [-0.2, 0) is 18.3 Å². The Labute approximate surface area is 325 Å². The van der Waals surface area contributed by atoms with Crippen LogP contribution in [0.2, 0.25) is 0 Å². The van der Waals surface area contributed by atoms with Crippen molar-refractivity contribution < 1.29 is 0 Å². The number of rotatable bonds is 7. The minimum atomic E-state index is -0.471. The Bertz CT molecular complexity index is 2620. The molecule has 1 unspecified atom stereocenters. The summed E-state index contributed by atoms with van der Waals surface area (Å²) < 4.78 is 0. The van der Waals surface area contributed by atoms with E-state index in [2.05, 4.69) is 194 Å². The smallest absolute Gasteiger partial charge is 0.0710 e. The third-order valence-electron chi connectivity index (χ3n) is 11.4. The number of nitrogens with two attached hydrogens (primary N) is 1. The van der Waals surface area contributed by atoms with Gasteiger partial charge in [-0.25, -0.2) is 0 Å². The van der Waals surface area contributed by atoms with E-state index in [1.807, 2.05) is 6.07 Å². The van der Waals surface area contributed by atoms with Gasteiger partial charge in [0.15, 0.2) is 0 Å². The van der Waals surface area contributed by atoms with E-state index in [0.717, 1.165) is 52.8 Å². The Hall–Kier alpha value is -6.70. The first-order valence-corrected chi connectivity index (χ1v) is 19.3. The van der Waals surface area contributed by atoms with E-state index in [-0.39, 0.29) is 0 Å². The van der Waals surface area contributed by atoms with E-state index >= 15 is 0 Å². The summed E-state index contributed by atoms with van der Waals surface area (Å²) in [5.41, 5.74) is 25.3. The Morgan fingerprint density at radius 3 is 2.02 bits per heavy atom. The molecule has 2 aliphatic rings. The lowest BCUT2D eigenvalue weighted by Crippen LogP contribution is -2.30. The second-order valence-electron chi connectivity index (χ2n) is 14.7. The second-order valence-corrected chi connectivity index (χ2v) is 14.7. The summed E-state index contributed by atoms with van der Waals surface area (Å²) in [4.78, 5) is 0. The molecular formula is C54H43N. The van der Waals surface area contributed by atoms with Gasteiger partial charge in [-0.1, -0.05) is 189 Å². The maximum Gasteiger partial charge on any atom is 0.0710 e.